The number of benzene rings is 3. The summed E-state index contributed by atoms with van der Waals surface area (Å²) in [7, 11) is 0. The number of hydrogen-bond donors (Lipinski definition) is 2. The van der Waals surface area contributed by atoms with Crippen molar-refractivity contribution in [1.29, 1.82) is 0 Å². The molecule has 0 fully saturated rings. The molecule has 3 N–H and O–H groups in total. The lowest BCUT2D eigenvalue weighted by Crippen LogP contribution is -2.22. The van der Waals surface area contributed by atoms with Crippen LogP contribution in [0.3, 0.4) is 0 Å². The highest BCUT2D eigenvalue weighted by Crippen LogP contribution is 2.32. The van der Waals surface area contributed by atoms with Crippen LogP contribution in [0.4, 0.5) is 10.2 Å². The maximum atomic E-state index is 13.5. The number of imidazole rings is 1. The van der Waals surface area contributed by atoms with Crippen molar-refractivity contribution in [2.24, 2.45) is 0 Å². The Bertz CT molecular complexity index is 1910. The molecule has 0 saturated carbocycles. The molecule has 1 unspecified atom stereocenters. The minimum Gasteiger partial charge on any atom is -0.612 e. The monoisotopic (exact) mass is 576 g/mol. The van der Waals surface area contributed by atoms with E-state index in [9.17, 15) is 13.7 Å². The van der Waals surface area contributed by atoms with E-state index in [0.717, 1.165) is 27.4 Å². The van der Waals surface area contributed by atoms with Crippen LogP contribution in [0.25, 0.3) is 39.5 Å². The average Bonchev–Trinajstić information content (AvgIpc) is 3.39. The van der Waals surface area contributed by atoms with Gasteiger partial charge < -0.3 is 15.6 Å². The van der Waals surface area contributed by atoms with Crippen LogP contribution < -0.4 is 11.1 Å². The summed E-state index contributed by atoms with van der Waals surface area (Å²) in [4.78, 5) is 27.3. The molecule has 3 aromatic carbocycles. The standard InChI is InChI=1S/C32H25FN6O2S/c1-42(41)25-13-9-21(10-14-25)27-15-16-28-31(37-27)39(30(38-28)26-6-3-17-35-29(26)34)24-11-7-20(8-12-24)19-36-32(40)22-4-2-5-23(33)18-22/h2-18H,19H2,1H3,(H2,34,35)(H,36,40). The summed E-state index contributed by atoms with van der Waals surface area (Å²) in [6.07, 6.45) is 3.27. The summed E-state index contributed by atoms with van der Waals surface area (Å²) >= 11 is -1.07. The van der Waals surface area contributed by atoms with Gasteiger partial charge in [-0.3, -0.25) is 9.36 Å². The van der Waals surface area contributed by atoms with Crippen molar-refractivity contribution in [3.05, 3.63) is 120 Å². The van der Waals surface area contributed by atoms with E-state index in [2.05, 4.69) is 10.3 Å². The van der Waals surface area contributed by atoms with Crippen LogP contribution in [0.1, 0.15) is 15.9 Å². The van der Waals surface area contributed by atoms with Gasteiger partial charge in [0.15, 0.2) is 16.4 Å². The zero-order valence-electron chi connectivity index (χ0n) is 22.5. The first-order chi connectivity index (χ1) is 20.4. The predicted octanol–water partition coefficient (Wildman–Crippen LogP) is 5.54. The summed E-state index contributed by atoms with van der Waals surface area (Å²) in [6, 6.07) is 28.2. The summed E-state index contributed by atoms with van der Waals surface area (Å²) in [5, 5.41) is 2.83. The quantitative estimate of drug-likeness (QED) is 0.241. The molecule has 6 aromatic rings. The van der Waals surface area contributed by atoms with Crippen molar-refractivity contribution in [3.63, 3.8) is 0 Å². The van der Waals surface area contributed by atoms with Crippen molar-refractivity contribution in [3.8, 4) is 28.3 Å². The first-order valence-electron chi connectivity index (χ1n) is 13.0. The second kappa shape index (κ2) is 11.4. The predicted molar refractivity (Wildman–Crippen MR) is 162 cm³/mol. The fourth-order valence-electron chi connectivity index (χ4n) is 4.64. The molecular weight excluding hydrogens is 551 g/mol. The number of carbonyl (C=O) groups is 1. The van der Waals surface area contributed by atoms with Crippen molar-refractivity contribution >= 4 is 34.1 Å². The summed E-state index contributed by atoms with van der Waals surface area (Å²) in [6.45, 7) is 0.268. The molecule has 0 aliphatic carbocycles. The Morgan fingerprint density at radius 2 is 1.76 bits per heavy atom. The second-order valence-corrected chi connectivity index (χ2v) is 11.0. The zero-order valence-corrected chi connectivity index (χ0v) is 23.3. The number of carbonyl (C=O) groups excluding carboxylic acids is 1. The van der Waals surface area contributed by atoms with Gasteiger partial charge in [0, 0.05) is 29.6 Å². The molecule has 6 rings (SSSR count). The Labute approximate surface area is 244 Å². The number of hydrogen-bond acceptors (Lipinski definition) is 6. The second-order valence-electron chi connectivity index (χ2n) is 9.58. The molecule has 0 bridgehead atoms. The van der Waals surface area contributed by atoms with Crippen molar-refractivity contribution in [2.45, 2.75) is 11.4 Å². The Balaban J connectivity index is 1.37. The van der Waals surface area contributed by atoms with E-state index in [1.165, 1.54) is 18.2 Å². The number of halogens is 1. The third-order valence-electron chi connectivity index (χ3n) is 6.80. The SMILES string of the molecule is C[S+]([O-])c1ccc(-c2ccc3nc(-c4cccnc4N)n(-c4ccc(CNC(=O)c5cccc(F)c5)cc4)c3n2)cc1. The Hall–Kier alpha value is -5.06. The lowest BCUT2D eigenvalue weighted by molar-refractivity contribution is 0.0950. The van der Waals surface area contributed by atoms with E-state index in [1.807, 2.05) is 71.3 Å². The van der Waals surface area contributed by atoms with Gasteiger partial charge in [-0.25, -0.2) is 19.3 Å². The zero-order chi connectivity index (χ0) is 29.2. The molecule has 0 aliphatic heterocycles. The van der Waals surface area contributed by atoms with Gasteiger partial charge in [0.25, 0.3) is 5.91 Å². The van der Waals surface area contributed by atoms with Crippen molar-refractivity contribution in [2.75, 3.05) is 12.0 Å². The molecule has 1 amide bonds. The van der Waals surface area contributed by atoms with Gasteiger partial charge in [0.05, 0.1) is 11.3 Å². The number of pyridine rings is 2. The van der Waals surface area contributed by atoms with Crippen LogP contribution in [0.5, 0.6) is 0 Å². The maximum absolute atomic E-state index is 13.5. The number of nitrogen functional groups attached to an aromatic ring is 1. The average molecular weight is 577 g/mol. The van der Waals surface area contributed by atoms with E-state index < -0.39 is 17.0 Å². The third-order valence-corrected chi connectivity index (χ3v) is 7.74. The summed E-state index contributed by atoms with van der Waals surface area (Å²) in [5.74, 6) is 0.109. The molecule has 0 saturated heterocycles. The van der Waals surface area contributed by atoms with Crippen LogP contribution >= 0.6 is 0 Å². The molecule has 10 heteroatoms. The van der Waals surface area contributed by atoms with Gasteiger partial charge in [-0.2, -0.15) is 0 Å². The number of amides is 1. The molecule has 208 valence electrons. The number of anilines is 1. The van der Waals surface area contributed by atoms with Gasteiger partial charge in [-0.05, 0) is 95.6 Å². The van der Waals surface area contributed by atoms with Gasteiger partial charge >= 0.3 is 0 Å². The van der Waals surface area contributed by atoms with E-state index in [-0.39, 0.29) is 18.0 Å². The van der Waals surface area contributed by atoms with Crippen molar-refractivity contribution < 1.29 is 13.7 Å². The topological polar surface area (TPSA) is 122 Å². The molecular formula is C32H25FN6O2S. The van der Waals surface area contributed by atoms with Gasteiger partial charge in [0.2, 0.25) is 0 Å². The summed E-state index contributed by atoms with van der Waals surface area (Å²) < 4.78 is 27.3. The highest BCUT2D eigenvalue weighted by Gasteiger charge is 2.19. The fourth-order valence-corrected chi connectivity index (χ4v) is 5.16. The number of nitrogens with one attached hydrogen (secondary N) is 1. The third kappa shape index (κ3) is 5.45. The minimum atomic E-state index is -1.07. The molecule has 0 spiro atoms. The van der Waals surface area contributed by atoms with Gasteiger partial charge in [-0.1, -0.05) is 18.2 Å². The van der Waals surface area contributed by atoms with Gasteiger partial charge in [-0.15, -0.1) is 0 Å². The number of nitrogens with two attached hydrogens (primary N) is 1. The lowest BCUT2D eigenvalue weighted by atomic mass is 10.1. The largest absolute Gasteiger partial charge is 0.612 e. The number of fused-ring (bicyclic) bond motifs is 1. The van der Waals surface area contributed by atoms with E-state index in [0.29, 0.717) is 28.4 Å². The normalized spacial score (nSPS) is 11.9. The maximum Gasteiger partial charge on any atom is 0.251 e. The van der Waals surface area contributed by atoms with Crippen LogP contribution in [0.15, 0.2) is 108 Å². The fraction of sp³-hybridized carbons (Fsp3) is 0.0625. The first kappa shape index (κ1) is 27.1. The number of nitrogens with zero attached hydrogens (tertiary/aromatic N) is 4. The minimum absolute atomic E-state index is 0.259. The number of aromatic nitrogens is 4. The van der Waals surface area contributed by atoms with Crippen LogP contribution in [0, 0.1) is 5.82 Å². The number of rotatable bonds is 7. The highest BCUT2D eigenvalue weighted by atomic mass is 32.2. The molecule has 1 atom stereocenters. The molecule has 0 radical (unpaired) electrons. The highest BCUT2D eigenvalue weighted by molar-refractivity contribution is 7.90. The molecule has 3 heterocycles. The molecule has 8 nitrogen and oxygen atoms in total. The Morgan fingerprint density at radius 1 is 0.976 bits per heavy atom. The van der Waals surface area contributed by atoms with Gasteiger partial charge in [0.1, 0.15) is 23.4 Å². The molecule has 42 heavy (non-hydrogen) atoms. The van der Waals surface area contributed by atoms with Crippen molar-refractivity contribution in [1.82, 2.24) is 24.8 Å². The lowest BCUT2D eigenvalue weighted by Gasteiger charge is -2.12. The van der Waals surface area contributed by atoms with E-state index in [1.54, 1.807) is 24.6 Å². The Morgan fingerprint density at radius 3 is 2.48 bits per heavy atom. The van der Waals surface area contributed by atoms with Crippen LogP contribution in [-0.2, 0) is 17.7 Å². The Kier molecular flexibility index (Phi) is 7.39. The molecule has 3 aromatic heterocycles. The van der Waals surface area contributed by atoms with Crippen LogP contribution in [-0.4, -0.2) is 36.2 Å². The first-order valence-corrected chi connectivity index (χ1v) is 14.6. The molecule has 0 aliphatic rings. The van der Waals surface area contributed by atoms with E-state index >= 15 is 0 Å². The van der Waals surface area contributed by atoms with E-state index in [4.69, 9.17) is 15.7 Å². The van der Waals surface area contributed by atoms with Crippen LogP contribution in [0.2, 0.25) is 0 Å². The summed E-state index contributed by atoms with van der Waals surface area (Å²) in [5.41, 5.74) is 11.7. The smallest absolute Gasteiger partial charge is 0.251 e.